The van der Waals surface area contributed by atoms with Gasteiger partial charge in [-0.15, -0.1) is 0 Å². The van der Waals surface area contributed by atoms with Crippen molar-refractivity contribution in [2.75, 3.05) is 12.4 Å². The number of rotatable bonds is 3. The molecule has 90 valence electrons. The molecule has 0 amide bonds. The van der Waals surface area contributed by atoms with Crippen molar-refractivity contribution in [3.8, 4) is 11.8 Å². The Bertz CT molecular complexity index is 582. The Labute approximate surface area is 107 Å². The van der Waals surface area contributed by atoms with E-state index in [4.69, 9.17) is 10.00 Å². The van der Waals surface area contributed by atoms with Gasteiger partial charge in [-0.3, -0.25) is 0 Å². The van der Waals surface area contributed by atoms with E-state index in [-0.39, 0.29) is 0 Å². The fourth-order valence-electron chi connectivity index (χ4n) is 1.70. The van der Waals surface area contributed by atoms with Crippen molar-refractivity contribution in [1.29, 1.82) is 5.26 Å². The number of aryl methyl sites for hydroxylation is 1. The fraction of sp³-hybridized carbons (Fsp3) is 0.133. The highest BCUT2D eigenvalue weighted by atomic mass is 16.5. The predicted molar refractivity (Wildman–Crippen MR) is 72.2 cm³/mol. The van der Waals surface area contributed by atoms with Crippen LogP contribution in [0.3, 0.4) is 0 Å². The molecule has 0 radical (unpaired) electrons. The monoisotopic (exact) mass is 238 g/mol. The van der Waals surface area contributed by atoms with Crippen molar-refractivity contribution in [1.82, 2.24) is 0 Å². The van der Waals surface area contributed by atoms with Gasteiger partial charge in [0.05, 0.1) is 18.4 Å². The minimum Gasteiger partial charge on any atom is -0.495 e. The first-order chi connectivity index (χ1) is 8.74. The summed E-state index contributed by atoms with van der Waals surface area (Å²) in [5, 5.41) is 12.3. The Morgan fingerprint density at radius 1 is 1.11 bits per heavy atom. The van der Waals surface area contributed by atoms with Crippen molar-refractivity contribution in [2.24, 2.45) is 0 Å². The zero-order chi connectivity index (χ0) is 13.0. The zero-order valence-corrected chi connectivity index (χ0v) is 10.4. The van der Waals surface area contributed by atoms with E-state index in [1.54, 1.807) is 19.2 Å². The summed E-state index contributed by atoms with van der Waals surface area (Å²) < 4.78 is 5.27. The average molecular weight is 238 g/mol. The van der Waals surface area contributed by atoms with E-state index in [9.17, 15) is 0 Å². The number of benzene rings is 2. The van der Waals surface area contributed by atoms with Crippen LogP contribution in [-0.2, 0) is 0 Å². The number of methoxy groups -OCH3 is 1. The van der Waals surface area contributed by atoms with Crippen LogP contribution < -0.4 is 10.1 Å². The SMILES string of the molecule is COc1cccc(C#N)c1Nc1ccc(C)cc1. The maximum atomic E-state index is 9.11. The molecule has 1 N–H and O–H groups in total. The van der Waals surface area contributed by atoms with Crippen LogP contribution >= 0.6 is 0 Å². The molecular weight excluding hydrogens is 224 g/mol. The van der Waals surface area contributed by atoms with Gasteiger partial charge in [0.15, 0.2) is 0 Å². The Hall–Kier alpha value is -2.47. The summed E-state index contributed by atoms with van der Waals surface area (Å²) in [5.41, 5.74) is 3.39. The van der Waals surface area contributed by atoms with E-state index in [0.29, 0.717) is 17.0 Å². The Kier molecular flexibility index (Phi) is 3.49. The normalized spacial score (nSPS) is 9.61. The molecule has 0 bridgehead atoms. The topological polar surface area (TPSA) is 45.0 Å². The van der Waals surface area contributed by atoms with Gasteiger partial charge in [-0.05, 0) is 31.2 Å². The highest BCUT2D eigenvalue weighted by Crippen LogP contribution is 2.30. The number of hydrogen-bond acceptors (Lipinski definition) is 3. The van der Waals surface area contributed by atoms with Crippen LogP contribution in [0.15, 0.2) is 42.5 Å². The molecule has 2 aromatic rings. The third-order valence-corrected chi connectivity index (χ3v) is 2.69. The predicted octanol–water partition coefficient (Wildman–Crippen LogP) is 3.62. The van der Waals surface area contributed by atoms with E-state index in [0.717, 1.165) is 5.69 Å². The lowest BCUT2D eigenvalue weighted by Gasteiger charge is -2.12. The molecule has 0 atom stereocenters. The summed E-state index contributed by atoms with van der Waals surface area (Å²) in [4.78, 5) is 0. The molecule has 18 heavy (non-hydrogen) atoms. The van der Waals surface area contributed by atoms with Gasteiger partial charge in [-0.1, -0.05) is 23.8 Å². The van der Waals surface area contributed by atoms with E-state index in [2.05, 4.69) is 11.4 Å². The van der Waals surface area contributed by atoms with Gasteiger partial charge in [-0.25, -0.2) is 0 Å². The molecule has 0 aromatic heterocycles. The summed E-state index contributed by atoms with van der Waals surface area (Å²) in [6, 6.07) is 15.5. The average Bonchev–Trinajstić information content (AvgIpc) is 2.41. The Morgan fingerprint density at radius 2 is 1.83 bits per heavy atom. The quantitative estimate of drug-likeness (QED) is 0.888. The molecule has 0 spiro atoms. The molecule has 0 aliphatic carbocycles. The maximum absolute atomic E-state index is 9.11. The van der Waals surface area contributed by atoms with Gasteiger partial charge >= 0.3 is 0 Å². The van der Waals surface area contributed by atoms with Crippen molar-refractivity contribution in [3.05, 3.63) is 53.6 Å². The van der Waals surface area contributed by atoms with Crippen LogP contribution in [0.2, 0.25) is 0 Å². The van der Waals surface area contributed by atoms with Crippen molar-refractivity contribution in [2.45, 2.75) is 6.92 Å². The molecule has 0 aliphatic heterocycles. The highest BCUT2D eigenvalue weighted by molar-refractivity contribution is 5.72. The highest BCUT2D eigenvalue weighted by Gasteiger charge is 2.08. The first kappa shape index (κ1) is 12.0. The number of para-hydroxylation sites is 1. The second-order valence-corrected chi connectivity index (χ2v) is 3.99. The minimum atomic E-state index is 0.565. The van der Waals surface area contributed by atoms with Gasteiger partial charge in [0, 0.05) is 5.69 Å². The van der Waals surface area contributed by atoms with Gasteiger partial charge < -0.3 is 10.1 Å². The second kappa shape index (κ2) is 5.24. The molecular formula is C15H14N2O. The largest absolute Gasteiger partial charge is 0.495 e. The molecule has 0 unspecified atom stereocenters. The lowest BCUT2D eigenvalue weighted by atomic mass is 10.1. The first-order valence-corrected chi connectivity index (χ1v) is 5.65. The fourth-order valence-corrected chi connectivity index (χ4v) is 1.70. The van der Waals surface area contributed by atoms with Gasteiger partial charge in [0.25, 0.3) is 0 Å². The lowest BCUT2D eigenvalue weighted by molar-refractivity contribution is 0.416. The lowest BCUT2D eigenvalue weighted by Crippen LogP contribution is -1.97. The zero-order valence-electron chi connectivity index (χ0n) is 10.4. The summed E-state index contributed by atoms with van der Waals surface area (Å²) in [7, 11) is 1.59. The third kappa shape index (κ3) is 2.44. The molecule has 0 fully saturated rings. The number of nitriles is 1. The summed E-state index contributed by atoms with van der Waals surface area (Å²) >= 11 is 0. The number of nitrogens with zero attached hydrogens (tertiary/aromatic N) is 1. The summed E-state index contributed by atoms with van der Waals surface area (Å²) in [6.07, 6.45) is 0. The molecule has 3 nitrogen and oxygen atoms in total. The Balaban J connectivity index is 2.39. The molecule has 0 aliphatic rings. The number of hydrogen-bond donors (Lipinski definition) is 1. The molecule has 0 heterocycles. The molecule has 3 heteroatoms. The summed E-state index contributed by atoms with van der Waals surface area (Å²) in [5.74, 6) is 0.662. The van der Waals surface area contributed by atoms with Crippen LogP contribution in [0.5, 0.6) is 5.75 Å². The standard InChI is InChI=1S/C15H14N2O/c1-11-6-8-13(9-7-11)17-15-12(10-16)4-3-5-14(15)18-2/h3-9,17H,1-2H3. The van der Waals surface area contributed by atoms with Crippen molar-refractivity contribution in [3.63, 3.8) is 0 Å². The van der Waals surface area contributed by atoms with Gasteiger partial charge in [-0.2, -0.15) is 5.26 Å². The van der Waals surface area contributed by atoms with Gasteiger partial charge in [0.2, 0.25) is 0 Å². The van der Waals surface area contributed by atoms with Crippen LogP contribution in [-0.4, -0.2) is 7.11 Å². The van der Waals surface area contributed by atoms with E-state index >= 15 is 0 Å². The van der Waals surface area contributed by atoms with Gasteiger partial charge in [0.1, 0.15) is 11.8 Å². The first-order valence-electron chi connectivity index (χ1n) is 5.65. The smallest absolute Gasteiger partial charge is 0.143 e. The maximum Gasteiger partial charge on any atom is 0.143 e. The molecule has 0 saturated carbocycles. The second-order valence-electron chi connectivity index (χ2n) is 3.99. The van der Waals surface area contributed by atoms with Crippen LogP contribution in [0.1, 0.15) is 11.1 Å². The van der Waals surface area contributed by atoms with Crippen LogP contribution in [0.25, 0.3) is 0 Å². The molecule has 0 saturated heterocycles. The van der Waals surface area contributed by atoms with Crippen molar-refractivity contribution < 1.29 is 4.74 Å². The van der Waals surface area contributed by atoms with Crippen molar-refractivity contribution >= 4 is 11.4 Å². The van der Waals surface area contributed by atoms with Crippen LogP contribution in [0.4, 0.5) is 11.4 Å². The third-order valence-electron chi connectivity index (χ3n) is 2.69. The van der Waals surface area contributed by atoms with Crippen LogP contribution in [0, 0.1) is 18.3 Å². The van der Waals surface area contributed by atoms with E-state index in [1.165, 1.54) is 5.56 Å². The van der Waals surface area contributed by atoms with E-state index in [1.807, 2.05) is 37.3 Å². The Morgan fingerprint density at radius 3 is 2.44 bits per heavy atom. The van der Waals surface area contributed by atoms with E-state index < -0.39 is 0 Å². The number of anilines is 2. The summed E-state index contributed by atoms with van der Waals surface area (Å²) in [6.45, 7) is 2.04. The number of nitrogens with one attached hydrogen (secondary N) is 1. The molecule has 2 aromatic carbocycles. The minimum absolute atomic E-state index is 0.565. The molecule has 2 rings (SSSR count). The number of ether oxygens (including phenoxy) is 1.